The third-order valence-electron chi connectivity index (χ3n) is 2.42. The Morgan fingerprint density at radius 3 is 2.69 bits per heavy atom. The molecule has 0 saturated carbocycles. The predicted octanol–water partition coefficient (Wildman–Crippen LogP) is 2.83. The van der Waals surface area contributed by atoms with E-state index in [0.29, 0.717) is 30.7 Å². The smallest absolute Gasteiger partial charge is 0.126 e. The summed E-state index contributed by atoms with van der Waals surface area (Å²) in [5, 5.41) is 0. The van der Waals surface area contributed by atoms with Crippen molar-refractivity contribution >= 4 is 0 Å². The van der Waals surface area contributed by atoms with Crippen LogP contribution in [0.5, 0.6) is 5.75 Å². The zero-order valence-electron chi connectivity index (χ0n) is 9.95. The number of ether oxygens (including phenoxy) is 1. The largest absolute Gasteiger partial charge is 0.493 e. The van der Waals surface area contributed by atoms with Crippen LogP contribution < -0.4 is 10.5 Å². The summed E-state index contributed by atoms with van der Waals surface area (Å²) in [6, 6.07) is 6.20. The fourth-order valence-electron chi connectivity index (χ4n) is 1.67. The van der Waals surface area contributed by atoms with E-state index < -0.39 is 0 Å². The number of hydrogen-bond donors (Lipinski definition) is 1. The Bertz CT molecular complexity index is 315. The van der Waals surface area contributed by atoms with E-state index in [2.05, 4.69) is 13.8 Å². The lowest BCUT2D eigenvalue weighted by Crippen LogP contribution is -2.23. The molecule has 0 amide bonds. The van der Waals surface area contributed by atoms with Crippen molar-refractivity contribution in [2.45, 2.75) is 20.3 Å². The van der Waals surface area contributed by atoms with Crippen LogP contribution in [-0.2, 0) is 0 Å². The van der Waals surface area contributed by atoms with Crippen LogP contribution in [0.15, 0.2) is 24.3 Å². The third kappa shape index (κ3) is 4.62. The second-order valence-corrected chi connectivity index (χ2v) is 4.50. The molecular formula is C13H20FNO. The van der Waals surface area contributed by atoms with Gasteiger partial charge in [-0.15, -0.1) is 0 Å². The molecule has 1 unspecified atom stereocenters. The molecule has 0 aromatic heterocycles. The van der Waals surface area contributed by atoms with Crippen molar-refractivity contribution in [2.75, 3.05) is 13.2 Å². The summed E-state index contributed by atoms with van der Waals surface area (Å²) < 4.78 is 18.4. The molecule has 0 fully saturated rings. The summed E-state index contributed by atoms with van der Waals surface area (Å²) in [7, 11) is 0. The van der Waals surface area contributed by atoms with Crippen LogP contribution >= 0.6 is 0 Å². The molecule has 2 N–H and O–H groups in total. The number of rotatable bonds is 6. The van der Waals surface area contributed by atoms with Gasteiger partial charge < -0.3 is 10.5 Å². The highest BCUT2D eigenvalue weighted by Crippen LogP contribution is 2.15. The first-order chi connectivity index (χ1) is 7.61. The van der Waals surface area contributed by atoms with E-state index >= 15 is 0 Å². The number of halogens is 1. The van der Waals surface area contributed by atoms with Crippen molar-refractivity contribution in [3.8, 4) is 5.75 Å². The minimum atomic E-state index is -0.273. The average Bonchev–Trinajstić information content (AvgIpc) is 2.24. The van der Waals surface area contributed by atoms with Crippen LogP contribution in [0, 0.1) is 17.7 Å². The van der Waals surface area contributed by atoms with Gasteiger partial charge in [-0.25, -0.2) is 4.39 Å². The van der Waals surface area contributed by atoms with Gasteiger partial charge in [-0.1, -0.05) is 19.9 Å². The Morgan fingerprint density at radius 2 is 2.12 bits per heavy atom. The van der Waals surface area contributed by atoms with Crippen molar-refractivity contribution in [1.29, 1.82) is 0 Å². The molecule has 0 aliphatic rings. The molecule has 1 atom stereocenters. The Labute approximate surface area is 96.6 Å². The van der Waals surface area contributed by atoms with Crippen molar-refractivity contribution in [2.24, 2.45) is 17.6 Å². The van der Waals surface area contributed by atoms with Gasteiger partial charge in [0.15, 0.2) is 0 Å². The van der Waals surface area contributed by atoms with Crippen molar-refractivity contribution < 1.29 is 9.13 Å². The van der Waals surface area contributed by atoms with E-state index in [4.69, 9.17) is 10.5 Å². The van der Waals surface area contributed by atoms with Gasteiger partial charge in [0.2, 0.25) is 0 Å². The van der Waals surface area contributed by atoms with E-state index in [9.17, 15) is 4.39 Å². The molecule has 0 aliphatic carbocycles. The molecule has 90 valence electrons. The molecule has 3 heteroatoms. The van der Waals surface area contributed by atoms with Gasteiger partial charge in [0.05, 0.1) is 6.61 Å². The number of hydrogen-bond acceptors (Lipinski definition) is 2. The molecule has 0 bridgehead atoms. The third-order valence-corrected chi connectivity index (χ3v) is 2.42. The number of nitrogens with two attached hydrogens (primary N) is 1. The highest BCUT2D eigenvalue weighted by molar-refractivity contribution is 5.22. The summed E-state index contributed by atoms with van der Waals surface area (Å²) in [5.74, 6) is 1.24. The monoisotopic (exact) mass is 225 g/mol. The molecule has 0 heterocycles. The first kappa shape index (κ1) is 13.0. The lowest BCUT2D eigenvalue weighted by atomic mass is 9.98. The SMILES string of the molecule is CC(C)CC(CN)COc1cccc(F)c1. The average molecular weight is 225 g/mol. The van der Waals surface area contributed by atoms with Gasteiger partial charge in [0, 0.05) is 12.0 Å². The lowest BCUT2D eigenvalue weighted by molar-refractivity contribution is 0.230. The highest BCUT2D eigenvalue weighted by atomic mass is 19.1. The predicted molar refractivity (Wildman–Crippen MR) is 63.9 cm³/mol. The molecule has 16 heavy (non-hydrogen) atoms. The van der Waals surface area contributed by atoms with Crippen LogP contribution in [0.25, 0.3) is 0 Å². The fourth-order valence-corrected chi connectivity index (χ4v) is 1.67. The highest BCUT2D eigenvalue weighted by Gasteiger charge is 2.10. The molecule has 1 aromatic carbocycles. The maximum atomic E-state index is 12.9. The number of benzene rings is 1. The lowest BCUT2D eigenvalue weighted by Gasteiger charge is -2.17. The minimum Gasteiger partial charge on any atom is -0.493 e. The van der Waals surface area contributed by atoms with Gasteiger partial charge in [-0.2, -0.15) is 0 Å². The molecule has 1 aromatic rings. The maximum Gasteiger partial charge on any atom is 0.126 e. The Balaban J connectivity index is 2.43. The normalized spacial score (nSPS) is 12.8. The quantitative estimate of drug-likeness (QED) is 0.808. The zero-order chi connectivity index (χ0) is 12.0. The first-order valence-corrected chi connectivity index (χ1v) is 5.70. The Morgan fingerprint density at radius 1 is 1.38 bits per heavy atom. The molecular weight excluding hydrogens is 205 g/mol. The van der Waals surface area contributed by atoms with E-state index in [-0.39, 0.29) is 5.82 Å². The summed E-state index contributed by atoms with van der Waals surface area (Å²) in [5.41, 5.74) is 5.66. The summed E-state index contributed by atoms with van der Waals surface area (Å²) in [6.45, 7) is 5.47. The summed E-state index contributed by atoms with van der Waals surface area (Å²) in [4.78, 5) is 0. The van der Waals surface area contributed by atoms with Crippen LogP contribution in [0.4, 0.5) is 4.39 Å². The van der Waals surface area contributed by atoms with Crippen LogP contribution in [-0.4, -0.2) is 13.2 Å². The van der Waals surface area contributed by atoms with Gasteiger partial charge in [0.1, 0.15) is 11.6 Å². The standard InChI is InChI=1S/C13H20FNO/c1-10(2)6-11(8-15)9-16-13-5-3-4-12(14)7-13/h3-5,7,10-11H,6,8-9,15H2,1-2H3. The molecule has 0 saturated heterocycles. The Hall–Kier alpha value is -1.09. The van der Waals surface area contributed by atoms with Gasteiger partial charge in [-0.05, 0) is 31.0 Å². The molecule has 0 spiro atoms. The van der Waals surface area contributed by atoms with Crippen molar-refractivity contribution in [3.63, 3.8) is 0 Å². The topological polar surface area (TPSA) is 35.2 Å². The summed E-state index contributed by atoms with van der Waals surface area (Å²) >= 11 is 0. The second kappa shape index (κ2) is 6.48. The van der Waals surface area contributed by atoms with Gasteiger partial charge >= 0.3 is 0 Å². The zero-order valence-corrected chi connectivity index (χ0v) is 9.95. The summed E-state index contributed by atoms with van der Waals surface area (Å²) in [6.07, 6.45) is 1.03. The van der Waals surface area contributed by atoms with Crippen LogP contribution in [0.1, 0.15) is 20.3 Å². The van der Waals surface area contributed by atoms with Crippen molar-refractivity contribution in [1.82, 2.24) is 0 Å². The Kier molecular flexibility index (Phi) is 5.26. The molecule has 1 rings (SSSR count). The van der Waals surface area contributed by atoms with E-state index in [1.807, 2.05) is 0 Å². The van der Waals surface area contributed by atoms with Crippen molar-refractivity contribution in [3.05, 3.63) is 30.1 Å². The van der Waals surface area contributed by atoms with Gasteiger partial charge in [-0.3, -0.25) is 0 Å². The molecule has 0 aliphatic heterocycles. The van der Waals surface area contributed by atoms with Crippen LogP contribution in [0.3, 0.4) is 0 Å². The van der Waals surface area contributed by atoms with E-state index in [0.717, 1.165) is 6.42 Å². The minimum absolute atomic E-state index is 0.273. The van der Waals surface area contributed by atoms with Gasteiger partial charge in [0.25, 0.3) is 0 Å². The fraction of sp³-hybridized carbons (Fsp3) is 0.538. The van der Waals surface area contributed by atoms with E-state index in [1.54, 1.807) is 12.1 Å². The van der Waals surface area contributed by atoms with E-state index in [1.165, 1.54) is 12.1 Å². The van der Waals surface area contributed by atoms with Crippen LogP contribution in [0.2, 0.25) is 0 Å². The molecule has 2 nitrogen and oxygen atoms in total. The first-order valence-electron chi connectivity index (χ1n) is 5.70. The maximum absolute atomic E-state index is 12.9. The second-order valence-electron chi connectivity index (χ2n) is 4.50. The molecule has 0 radical (unpaired) electrons.